The van der Waals surface area contributed by atoms with E-state index >= 15 is 0 Å². The van der Waals surface area contributed by atoms with Gasteiger partial charge in [0, 0.05) is 35.7 Å². The van der Waals surface area contributed by atoms with E-state index in [4.69, 9.17) is 42.1 Å². The topological polar surface area (TPSA) is 186 Å². The van der Waals surface area contributed by atoms with Crippen LogP contribution in [0.15, 0.2) is 48.6 Å². The van der Waals surface area contributed by atoms with Crippen LogP contribution in [0.4, 0.5) is 0 Å². The molecule has 1 aromatic carbocycles. The minimum Gasteiger partial charge on any atom is -0.459 e. The van der Waals surface area contributed by atoms with Crippen molar-refractivity contribution in [2.45, 2.75) is 89.0 Å². The number of rotatable bonds is 22. The number of hydrogen-bond donors (Lipinski definition) is 4. The Morgan fingerprint density at radius 2 is 1.00 bits per heavy atom. The van der Waals surface area contributed by atoms with Crippen LogP contribution in [0.1, 0.15) is 73.1 Å². The normalized spacial score (nSPS) is 15.0. The summed E-state index contributed by atoms with van der Waals surface area (Å²) in [5.74, 6) is -3.27. The van der Waals surface area contributed by atoms with Crippen molar-refractivity contribution in [1.29, 1.82) is 0 Å². The first kappa shape index (κ1) is 41.0. The maximum absolute atomic E-state index is 12.8. The molecule has 0 spiro atoms. The Morgan fingerprint density at radius 3 is 1.30 bits per heavy atom. The van der Waals surface area contributed by atoms with Crippen molar-refractivity contribution in [2.24, 2.45) is 0 Å². The lowest BCUT2D eigenvalue weighted by molar-refractivity contribution is -0.147. The summed E-state index contributed by atoms with van der Waals surface area (Å²) in [6, 6.07) is 5.68. The van der Waals surface area contributed by atoms with Gasteiger partial charge in [-0.05, 0) is 51.7 Å². The molecule has 0 saturated carbocycles. The molecule has 0 aliphatic rings. The zero-order valence-electron chi connectivity index (χ0n) is 26.1. The Bertz CT molecular complexity index is 1080. The van der Waals surface area contributed by atoms with Gasteiger partial charge < -0.3 is 39.4 Å². The van der Waals surface area contributed by atoms with E-state index in [1.807, 2.05) is 0 Å². The first-order valence-electron chi connectivity index (χ1n) is 14.7. The van der Waals surface area contributed by atoms with E-state index in [-0.39, 0.29) is 72.6 Å². The second-order valence-electron chi connectivity index (χ2n) is 10.9. The van der Waals surface area contributed by atoms with Crippen molar-refractivity contribution in [3.05, 3.63) is 59.7 Å². The number of benzene rings is 1. The molecular weight excluding hydrogens is 647 g/mol. The third kappa shape index (κ3) is 16.0. The largest absolute Gasteiger partial charge is 0.459 e. The van der Waals surface area contributed by atoms with Gasteiger partial charge in [-0.1, -0.05) is 25.3 Å². The molecule has 4 N–H and O–H groups in total. The highest BCUT2D eigenvalue weighted by Gasteiger charge is 2.24. The third-order valence-electron chi connectivity index (χ3n) is 6.49. The average Bonchev–Trinajstić information content (AvgIpc) is 3.03. The van der Waals surface area contributed by atoms with Crippen LogP contribution in [0.5, 0.6) is 0 Å². The number of aliphatic hydroxyl groups excluding tert-OH is 4. The lowest BCUT2D eigenvalue weighted by Gasteiger charge is -2.21. The fourth-order valence-corrected chi connectivity index (χ4v) is 4.20. The maximum atomic E-state index is 12.8. The molecule has 0 fully saturated rings. The first-order chi connectivity index (χ1) is 21.7. The predicted octanol–water partition coefficient (Wildman–Crippen LogP) is 3.24. The summed E-state index contributed by atoms with van der Waals surface area (Å²) in [6.45, 7) is 9.11. The van der Waals surface area contributed by atoms with Crippen molar-refractivity contribution < 1.29 is 58.6 Å². The SMILES string of the molecule is C=C(C)C(=O)OC(CCC(O)COC(=O)c1ccccc1C(=O)OCC(O)CCC(CC(O)CCl)OC(=O)C(=C)C)CC(O)CCl. The molecule has 0 heterocycles. The Hall–Kier alpha value is -3.00. The molecule has 0 aromatic heterocycles. The summed E-state index contributed by atoms with van der Waals surface area (Å²) in [5, 5.41) is 40.5. The molecule has 258 valence electrons. The van der Waals surface area contributed by atoms with Gasteiger partial charge in [0.1, 0.15) is 25.4 Å². The molecule has 0 aliphatic heterocycles. The standard InChI is InChI=1S/C32H44Cl2O12/c1-19(2)29(39)45-25(13-23(37)15-33)11-9-21(35)17-43-31(41)27-7-5-6-8-28(27)32(42)44-18-22(36)10-12-26(14-24(38)16-34)46-30(40)20(3)4/h5-8,21-26,35-38H,1,3,9-18H2,2,4H3. The number of hydrogen-bond acceptors (Lipinski definition) is 12. The van der Waals surface area contributed by atoms with E-state index in [0.717, 1.165) is 0 Å². The summed E-state index contributed by atoms with van der Waals surface area (Å²) < 4.78 is 21.0. The molecular formula is C32H44Cl2O12. The summed E-state index contributed by atoms with van der Waals surface area (Å²) >= 11 is 11.3. The van der Waals surface area contributed by atoms with Crippen molar-refractivity contribution in [2.75, 3.05) is 25.0 Å². The summed E-state index contributed by atoms with van der Waals surface area (Å²) in [6.07, 6.45) is -5.23. The van der Waals surface area contributed by atoms with Gasteiger partial charge in [0.05, 0.1) is 35.5 Å². The summed E-state index contributed by atoms with van der Waals surface area (Å²) in [4.78, 5) is 49.4. The Labute approximate surface area is 278 Å². The molecule has 46 heavy (non-hydrogen) atoms. The molecule has 14 heteroatoms. The molecule has 0 aliphatic carbocycles. The lowest BCUT2D eigenvalue weighted by atomic mass is 10.0. The highest BCUT2D eigenvalue weighted by atomic mass is 35.5. The minimum atomic E-state index is -1.15. The number of halogens is 2. The van der Waals surface area contributed by atoms with Crippen molar-refractivity contribution in [3.63, 3.8) is 0 Å². The summed E-state index contributed by atoms with van der Waals surface area (Å²) in [7, 11) is 0. The smallest absolute Gasteiger partial charge is 0.339 e. The summed E-state index contributed by atoms with van der Waals surface area (Å²) in [5.41, 5.74) is 0.0743. The quantitative estimate of drug-likeness (QED) is 0.0603. The third-order valence-corrected chi connectivity index (χ3v) is 7.21. The molecule has 0 saturated heterocycles. The molecule has 0 radical (unpaired) electrons. The zero-order valence-corrected chi connectivity index (χ0v) is 27.6. The lowest BCUT2D eigenvalue weighted by Crippen LogP contribution is -2.28. The van der Waals surface area contributed by atoms with E-state index in [9.17, 15) is 39.6 Å². The van der Waals surface area contributed by atoms with Gasteiger partial charge in [0.25, 0.3) is 0 Å². The van der Waals surface area contributed by atoms with Crippen LogP contribution in [0, 0.1) is 0 Å². The van der Waals surface area contributed by atoms with Gasteiger partial charge in [-0.3, -0.25) is 0 Å². The molecule has 0 bridgehead atoms. The van der Waals surface area contributed by atoms with Crippen LogP contribution >= 0.6 is 23.2 Å². The van der Waals surface area contributed by atoms with Gasteiger partial charge in [-0.2, -0.15) is 0 Å². The van der Waals surface area contributed by atoms with Crippen LogP contribution in [0.2, 0.25) is 0 Å². The molecule has 1 aromatic rings. The highest BCUT2D eigenvalue weighted by Crippen LogP contribution is 2.18. The Kier molecular flexibility index (Phi) is 19.4. The molecule has 6 atom stereocenters. The van der Waals surface area contributed by atoms with Crippen molar-refractivity contribution in [3.8, 4) is 0 Å². The number of alkyl halides is 2. The maximum Gasteiger partial charge on any atom is 0.339 e. The van der Waals surface area contributed by atoms with Crippen LogP contribution in [0.3, 0.4) is 0 Å². The number of ether oxygens (including phenoxy) is 4. The van der Waals surface area contributed by atoms with Crippen LogP contribution in [-0.2, 0) is 28.5 Å². The molecule has 1 rings (SSSR count). The van der Waals surface area contributed by atoms with E-state index in [1.165, 1.54) is 38.1 Å². The number of esters is 4. The van der Waals surface area contributed by atoms with Crippen molar-refractivity contribution in [1.82, 2.24) is 0 Å². The Balaban J connectivity index is 2.70. The fourth-order valence-electron chi connectivity index (χ4n) is 3.95. The van der Waals surface area contributed by atoms with E-state index < -0.39 is 73.7 Å². The van der Waals surface area contributed by atoms with Crippen LogP contribution in [-0.4, -0.2) is 106 Å². The molecule has 0 amide bonds. The molecule has 12 nitrogen and oxygen atoms in total. The van der Waals surface area contributed by atoms with Gasteiger partial charge in [0.2, 0.25) is 0 Å². The fraction of sp³-hybridized carbons (Fsp3) is 0.562. The monoisotopic (exact) mass is 690 g/mol. The second kappa shape index (κ2) is 21.7. The second-order valence-corrected chi connectivity index (χ2v) is 11.5. The van der Waals surface area contributed by atoms with Crippen LogP contribution in [0.25, 0.3) is 0 Å². The molecule has 6 unspecified atom stereocenters. The van der Waals surface area contributed by atoms with Crippen LogP contribution < -0.4 is 0 Å². The zero-order chi connectivity index (χ0) is 34.8. The van der Waals surface area contributed by atoms with Gasteiger partial charge in [-0.25, -0.2) is 19.2 Å². The van der Waals surface area contributed by atoms with E-state index in [2.05, 4.69) is 13.2 Å². The van der Waals surface area contributed by atoms with Gasteiger partial charge in [0.15, 0.2) is 0 Å². The van der Waals surface area contributed by atoms with Crippen molar-refractivity contribution >= 4 is 47.1 Å². The van der Waals surface area contributed by atoms with E-state index in [1.54, 1.807) is 0 Å². The highest BCUT2D eigenvalue weighted by molar-refractivity contribution is 6.18. The number of aliphatic hydroxyl groups is 4. The van der Waals surface area contributed by atoms with E-state index in [0.29, 0.717) is 0 Å². The van der Waals surface area contributed by atoms with Gasteiger partial charge in [-0.15, -0.1) is 23.2 Å². The number of carbonyl (C=O) groups excluding carboxylic acids is 4. The Morgan fingerprint density at radius 1 is 0.652 bits per heavy atom. The first-order valence-corrected chi connectivity index (χ1v) is 15.8. The van der Waals surface area contributed by atoms with Gasteiger partial charge >= 0.3 is 23.9 Å². The number of carbonyl (C=O) groups is 4. The average molecular weight is 692 g/mol. The predicted molar refractivity (Wildman–Crippen MR) is 170 cm³/mol. The minimum absolute atomic E-state index is 0.0411.